The normalized spacial score (nSPS) is 10.3. The molecule has 0 aromatic heterocycles. The minimum atomic E-state index is -0.979. The summed E-state index contributed by atoms with van der Waals surface area (Å²) in [6.07, 6.45) is 0.695. The molecule has 0 unspecified atom stereocenters. The van der Waals surface area contributed by atoms with Gasteiger partial charge in [0.15, 0.2) is 0 Å². The van der Waals surface area contributed by atoms with E-state index in [4.69, 9.17) is 4.74 Å². The zero-order valence-corrected chi connectivity index (χ0v) is 13.2. The first-order valence-electron chi connectivity index (χ1n) is 7.79. The maximum Gasteiger partial charge on any atom is 0.339 e. The predicted molar refractivity (Wildman–Crippen MR) is 93.4 cm³/mol. The van der Waals surface area contributed by atoms with Crippen LogP contribution < -0.4 is 4.74 Å². The third-order valence-electron chi connectivity index (χ3n) is 3.76. The molecule has 3 aromatic rings. The summed E-state index contributed by atoms with van der Waals surface area (Å²) in [4.78, 5) is 11.6. The monoisotopic (exact) mass is 318 g/mol. The number of hydrogen-bond donors (Lipinski definition) is 1. The highest BCUT2D eigenvalue weighted by molar-refractivity contribution is 5.91. The van der Waals surface area contributed by atoms with Crippen LogP contribution in [0, 0.1) is 0 Å². The third kappa shape index (κ3) is 4.02. The molecule has 0 spiro atoms. The summed E-state index contributed by atoms with van der Waals surface area (Å²) in [5.74, 6) is -0.587. The Labute approximate surface area is 141 Å². The molecule has 3 rings (SSSR count). The maximum absolute atomic E-state index is 11.6. The molecule has 0 amide bonds. The second-order valence-electron chi connectivity index (χ2n) is 5.57. The van der Waals surface area contributed by atoms with E-state index in [2.05, 4.69) is 0 Å². The van der Waals surface area contributed by atoms with E-state index >= 15 is 0 Å². The number of benzene rings is 3. The molecule has 0 saturated carbocycles. The molecule has 0 aliphatic carbocycles. The molecular formula is C21H18O3. The van der Waals surface area contributed by atoms with E-state index < -0.39 is 5.97 Å². The van der Waals surface area contributed by atoms with E-state index in [1.165, 1.54) is 0 Å². The highest BCUT2D eigenvalue weighted by atomic mass is 16.5. The Hall–Kier alpha value is -3.07. The SMILES string of the molecule is O=C(O)c1cc(Cc2ccccc2)ccc1OCc1ccccc1. The summed E-state index contributed by atoms with van der Waals surface area (Å²) in [7, 11) is 0. The largest absolute Gasteiger partial charge is 0.488 e. The number of ether oxygens (including phenoxy) is 1. The van der Waals surface area contributed by atoms with Gasteiger partial charge in [-0.15, -0.1) is 0 Å². The molecule has 0 saturated heterocycles. The summed E-state index contributed by atoms with van der Waals surface area (Å²) in [6, 6.07) is 25.0. The van der Waals surface area contributed by atoms with Gasteiger partial charge in [-0.05, 0) is 35.2 Å². The van der Waals surface area contributed by atoms with Crippen LogP contribution in [0.3, 0.4) is 0 Å². The van der Waals surface area contributed by atoms with Gasteiger partial charge in [0, 0.05) is 0 Å². The van der Waals surface area contributed by atoms with Gasteiger partial charge in [0.25, 0.3) is 0 Å². The molecule has 0 fully saturated rings. The Bertz CT molecular complexity index is 811. The first-order chi connectivity index (χ1) is 11.7. The fraction of sp³-hybridized carbons (Fsp3) is 0.0952. The van der Waals surface area contributed by atoms with E-state index in [9.17, 15) is 9.90 Å². The molecule has 3 aromatic carbocycles. The van der Waals surface area contributed by atoms with Gasteiger partial charge in [0.05, 0.1) is 0 Å². The lowest BCUT2D eigenvalue weighted by molar-refractivity contribution is 0.0691. The van der Waals surface area contributed by atoms with Gasteiger partial charge in [-0.25, -0.2) is 4.79 Å². The van der Waals surface area contributed by atoms with Crippen molar-refractivity contribution >= 4 is 5.97 Å². The van der Waals surface area contributed by atoms with E-state index in [0.717, 1.165) is 16.7 Å². The minimum absolute atomic E-state index is 0.194. The van der Waals surface area contributed by atoms with E-state index in [1.807, 2.05) is 66.7 Å². The van der Waals surface area contributed by atoms with Crippen molar-refractivity contribution in [2.24, 2.45) is 0 Å². The van der Waals surface area contributed by atoms with Crippen LogP contribution in [0.25, 0.3) is 0 Å². The van der Waals surface area contributed by atoms with Crippen molar-refractivity contribution in [3.8, 4) is 5.75 Å². The van der Waals surface area contributed by atoms with E-state index in [-0.39, 0.29) is 5.56 Å². The van der Waals surface area contributed by atoms with Crippen molar-refractivity contribution in [3.05, 3.63) is 101 Å². The molecule has 0 aliphatic rings. The fourth-order valence-corrected chi connectivity index (χ4v) is 2.55. The maximum atomic E-state index is 11.6. The first-order valence-corrected chi connectivity index (χ1v) is 7.79. The molecule has 3 nitrogen and oxygen atoms in total. The van der Waals surface area contributed by atoms with Crippen molar-refractivity contribution in [1.29, 1.82) is 0 Å². The van der Waals surface area contributed by atoms with Crippen molar-refractivity contribution < 1.29 is 14.6 Å². The quantitative estimate of drug-likeness (QED) is 0.725. The Balaban J connectivity index is 1.78. The summed E-state index contributed by atoms with van der Waals surface area (Å²) in [6.45, 7) is 0.346. The number of rotatable bonds is 6. The lowest BCUT2D eigenvalue weighted by Crippen LogP contribution is -2.04. The Morgan fingerprint density at radius 2 is 1.42 bits per heavy atom. The van der Waals surface area contributed by atoms with E-state index in [0.29, 0.717) is 18.8 Å². The summed E-state index contributed by atoms with van der Waals surface area (Å²) in [5.41, 5.74) is 3.29. The number of carbonyl (C=O) groups is 1. The number of hydrogen-bond acceptors (Lipinski definition) is 2. The molecular weight excluding hydrogens is 300 g/mol. The van der Waals surface area contributed by atoms with Crippen LogP contribution in [0.1, 0.15) is 27.0 Å². The van der Waals surface area contributed by atoms with Crippen LogP contribution in [0.15, 0.2) is 78.9 Å². The smallest absolute Gasteiger partial charge is 0.339 e. The molecule has 0 heterocycles. The molecule has 0 atom stereocenters. The predicted octanol–water partition coefficient (Wildman–Crippen LogP) is 4.55. The van der Waals surface area contributed by atoms with Crippen molar-refractivity contribution in [2.45, 2.75) is 13.0 Å². The fourth-order valence-electron chi connectivity index (χ4n) is 2.55. The molecule has 0 radical (unpaired) electrons. The topological polar surface area (TPSA) is 46.5 Å². The zero-order chi connectivity index (χ0) is 16.8. The van der Waals surface area contributed by atoms with Gasteiger partial charge in [0.1, 0.15) is 17.9 Å². The lowest BCUT2D eigenvalue weighted by atomic mass is 10.0. The van der Waals surface area contributed by atoms with E-state index in [1.54, 1.807) is 12.1 Å². The van der Waals surface area contributed by atoms with Crippen molar-refractivity contribution in [1.82, 2.24) is 0 Å². The lowest BCUT2D eigenvalue weighted by Gasteiger charge is -2.11. The number of aromatic carboxylic acids is 1. The first kappa shape index (κ1) is 15.8. The van der Waals surface area contributed by atoms with Crippen LogP contribution in [0.2, 0.25) is 0 Å². The molecule has 1 N–H and O–H groups in total. The van der Waals surface area contributed by atoms with Gasteiger partial charge in [-0.3, -0.25) is 0 Å². The van der Waals surface area contributed by atoms with Gasteiger partial charge in [0.2, 0.25) is 0 Å². The van der Waals surface area contributed by atoms with Gasteiger partial charge < -0.3 is 9.84 Å². The van der Waals surface area contributed by atoms with Crippen LogP contribution in [-0.2, 0) is 13.0 Å². The van der Waals surface area contributed by atoms with Gasteiger partial charge in [-0.2, -0.15) is 0 Å². The highest BCUT2D eigenvalue weighted by Gasteiger charge is 2.13. The average molecular weight is 318 g/mol. The summed E-state index contributed by atoms with van der Waals surface area (Å²) < 4.78 is 5.71. The van der Waals surface area contributed by atoms with Crippen LogP contribution >= 0.6 is 0 Å². The van der Waals surface area contributed by atoms with Crippen LogP contribution in [0.5, 0.6) is 5.75 Å². The summed E-state index contributed by atoms with van der Waals surface area (Å²) >= 11 is 0. The highest BCUT2D eigenvalue weighted by Crippen LogP contribution is 2.23. The Kier molecular flexibility index (Phi) is 4.92. The second-order valence-corrected chi connectivity index (χ2v) is 5.57. The molecule has 24 heavy (non-hydrogen) atoms. The van der Waals surface area contributed by atoms with Crippen molar-refractivity contribution in [3.63, 3.8) is 0 Å². The number of carboxylic acid groups (broad SMARTS) is 1. The molecule has 0 aliphatic heterocycles. The minimum Gasteiger partial charge on any atom is -0.488 e. The van der Waals surface area contributed by atoms with Gasteiger partial charge >= 0.3 is 5.97 Å². The molecule has 120 valence electrons. The zero-order valence-electron chi connectivity index (χ0n) is 13.2. The molecule has 0 bridgehead atoms. The van der Waals surface area contributed by atoms with Crippen LogP contribution in [-0.4, -0.2) is 11.1 Å². The standard InChI is InChI=1S/C21H18O3/c22-21(23)19-14-18(13-16-7-3-1-4-8-16)11-12-20(19)24-15-17-9-5-2-6-10-17/h1-12,14H,13,15H2,(H,22,23). The Morgan fingerprint density at radius 1 is 0.792 bits per heavy atom. The molecule has 3 heteroatoms. The second kappa shape index (κ2) is 7.47. The number of carboxylic acids is 1. The third-order valence-corrected chi connectivity index (χ3v) is 3.76. The average Bonchev–Trinajstić information content (AvgIpc) is 2.62. The van der Waals surface area contributed by atoms with Crippen molar-refractivity contribution in [2.75, 3.05) is 0 Å². The van der Waals surface area contributed by atoms with Crippen LogP contribution in [0.4, 0.5) is 0 Å². The Morgan fingerprint density at radius 3 is 2.04 bits per heavy atom. The summed E-state index contributed by atoms with van der Waals surface area (Å²) in [5, 5.41) is 9.47. The van der Waals surface area contributed by atoms with Gasteiger partial charge in [-0.1, -0.05) is 66.7 Å².